The molecule has 1 heterocycles. The van der Waals surface area contributed by atoms with Gasteiger partial charge in [-0.2, -0.15) is 0 Å². The van der Waals surface area contributed by atoms with E-state index in [9.17, 15) is 9.59 Å². The lowest BCUT2D eigenvalue weighted by Crippen LogP contribution is -2.46. The Bertz CT molecular complexity index is 746. The summed E-state index contributed by atoms with van der Waals surface area (Å²) in [5.41, 5.74) is 8.54. The molecule has 1 aliphatic carbocycles. The predicted molar refractivity (Wildman–Crippen MR) is 100 cm³/mol. The second-order valence-corrected chi connectivity index (χ2v) is 8.38. The Morgan fingerprint density at radius 2 is 1.88 bits per heavy atom. The van der Waals surface area contributed by atoms with Gasteiger partial charge in [0.1, 0.15) is 0 Å². The minimum Gasteiger partial charge on any atom is -0.369 e. The van der Waals surface area contributed by atoms with Gasteiger partial charge in [-0.15, -0.1) is 0 Å². The van der Waals surface area contributed by atoms with Gasteiger partial charge < -0.3 is 10.6 Å². The van der Waals surface area contributed by atoms with E-state index in [0.717, 1.165) is 11.3 Å². The van der Waals surface area contributed by atoms with Crippen LogP contribution in [0.3, 0.4) is 0 Å². The maximum atomic E-state index is 13.4. The summed E-state index contributed by atoms with van der Waals surface area (Å²) < 4.78 is 0. The van der Waals surface area contributed by atoms with Crippen molar-refractivity contribution in [3.05, 3.63) is 41.5 Å². The number of nitrogens with zero attached hydrogens (tertiary/aromatic N) is 1. The van der Waals surface area contributed by atoms with Gasteiger partial charge in [0.2, 0.25) is 11.8 Å². The maximum Gasteiger partial charge on any atom is 0.231 e. The van der Waals surface area contributed by atoms with E-state index in [2.05, 4.69) is 33.8 Å². The second-order valence-electron chi connectivity index (χ2n) is 8.38. The van der Waals surface area contributed by atoms with Gasteiger partial charge in [-0.3, -0.25) is 9.59 Å². The summed E-state index contributed by atoms with van der Waals surface area (Å²) in [5.74, 6) is -0.215. The van der Waals surface area contributed by atoms with Crippen molar-refractivity contribution >= 4 is 17.5 Å². The van der Waals surface area contributed by atoms with E-state index in [1.807, 2.05) is 36.1 Å². The Labute approximate surface area is 150 Å². The van der Waals surface area contributed by atoms with E-state index >= 15 is 0 Å². The van der Waals surface area contributed by atoms with Gasteiger partial charge in [0, 0.05) is 11.7 Å². The zero-order chi connectivity index (χ0) is 18.5. The Morgan fingerprint density at radius 3 is 2.48 bits per heavy atom. The molecule has 2 N–H and O–H groups in total. The average molecular weight is 340 g/mol. The molecule has 0 aromatic heterocycles. The van der Waals surface area contributed by atoms with Gasteiger partial charge in [-0.25, -0.2) is 0 Å². The summed E-state index contributed by atoms with van der Waals surface area (Å²) in [7, 11) is 0. The summed E-state index contributed by atoms with van der Waals surface area (Å²) in [6.07, 6.45) is 2.80. The number of benzene rings is 1. The molecule has 25 heavy (non-hydrogen) atoms. The number of fused-ring (bicyclic) bond motifs is 1. The van der Waals surface area contributed by atoms with E-state index in [1.165, 1.54) is 5.57 Å². The highest BCUT2D eigenvalue weighted by Crippen LogP contribution is 2.60. The Kier molecular flexibility index (Phi) is 4.26. The van der Waals surface area contributed by atoms with Crippen LogP contribution in [0.2, 0.25) is 0 Å². The molecule has 0 radical (unpaired) electrons. The summed E-state index contributed by atoms with van der Waals surface area (Å²) in [6.45, 7) is 10.5. The van der Waals surface area contributed by atoms with Crippen LogP contribution in [0, 0.1) is 17.3 Å². The fourth-order valence-electron chi connectivity index (χ4n) is 4.39. The van der Waals surface area contributed by atoms with E-state index < -0.39 is 0 Å². The fourth-order valence-corrected chi connectivity index (χ4v) is 4.39. The fraction of sp³-hybridized carbons (Fsp3) is 0.524. The van der Waals surface area contributed by atoms with Crippen molar-refractivity contribution in [2.24, 2.45) is 23.0 Å². The molecule has 1 fully saturated rings. The normalized spacial score (nSPS) is 29.6. The Morgan fingerprint density at radius 1 is 1.24 bits per heavy atom. The minimum atomic E-state index is -0.323. The first-order chi connectivity index (χ1) is 11.7. The largest absolute Gasteiger partial charge is 0.369 e. The van der Waals surface area contributed by atoms with Crippen LogP contribution in [0.1, 0.15) is 52.5 Å². The van der Waals surface area contributed by atoms with E-state index in [4.69, 9.17) is 5.73 Å². The number of hydrogen-bond donors (Lipinski definition) is 1. The summed E-state index contributed by atoms with van der Waals surface area (Å²) in [6, 6.07) is 7.64. The molecule has 134 valence electrons. The Hall–Kier alpha value is -2.10. The summed E-state index contributed by atoms with van der Waals surface area (Å²) in [5, 5.41) is 0. The van der Waals surface area contributed by atoms with E-state index in [0.29, 0.717) is 6.42 Å². The molecule has 3 rings (SSSR count). The number of anilines is 1. The van der Waals surface area contributed by atoms with Crippen LogP contribution < -0.4 is 10.6 Å². The molecule has 4 heteroatoms. The zero-order valence-corrected chi connectivity index (χ0v) is 15.7. The van der Waals surface area contributed by atoms with Crippen LogP contribution in [0.25, 0.3) is 0 Å². The first kappa shape index (κ1) is 17.7. The molecule has 0 unspecified atom stereocenters. The minimum absolute atomic E-state index is 0.0111. The van der Waals surface area contributed by atoms with Crippen LogP contribution in [0.4, 0.5) is 5.69 Å². The molecule has 0 saturated heterocycles. The lowest BCUT2D eigenvalue weighted by molar-refractivity contribution is -0.123. The third-order valence-corrected chi connectivity index (χ3v) is 5.86. The van der Waals surface area contributed by atoms with E-state index in [-0.39, 0.29) is 41.0 Å². The molecule has 2 aliphatic rings. The molecule has 4 nitrogen and oxygen atoms in total. The molecular weight excluding hydrogens is 312 g/mol. The molecule has 0 spiro atoms. The number of para-hydroxylation sites is 1. The van der Waals surface area contributed by atoms with Crippen LogP contribution in [0.5, 0.6) is 0 Å². The molecule has 0 bridgehead atoms. The van der Waals surface area contributed by atoms with Crippen molar-refractivity contribution in [2.45, 2.75) is 53.0 Å². The molecule has 1 saturated carbocycles. The standard InChI is InChI=1S/C21H28N2O2/c1-12(2)10-16-18(21(16,4)5)20(25)23-13(3)11-15(19(22)24)14-8-6-7-9-17(14)23/h6-10,13,15-16,18H,11H2,1-5H3,(H2,22,24)/t13-,15+,16+,18+/m0/s1. The van der Waals surface area contributed by atoms with Crippen molar-refractivity contribution in [2.75, 3.05) is 4.90 Å². The molecule has 4 atom stereocenters. The molecule has 2 amide bonds. The van der Waals surface area contributed by atoms with Crippen molar-refractivity contribution in [1.82, 2.24) is 0 Å². The second kappa shape index (κ2) is 6.01. The van der Waals surface area contributed by atoms with Gasteiger partial charge in [0.05, 0.1) is 11.8 Å². The lowest BCUT2D eigenvalue weighted by Gasteiger charge is -2.38. The van der Waals surface area contributed by atoms with Gasteiger partial charge in [0.25, 0.3) is 0 Å². The first-order valence-corrected chi connectivity index (χ1v) is 9.02. The topological polar surface area (TPSA) is 63.4 Å². The van der Waals surface area contributed by atoms with Crippen LogP contribution >= 0.6 is 0 Å². The van der Waals surface area contributed by atoms with Gasteiger partial charge in [0.15, 0.2) is 0 Å². The predicted octanol–water partition coefficient (Wildman–Crippen LogP) is 3.62. The monoisotopic (exact) mass is 340 g/mol. The van der Waals surface area contributed by atoms with Crippen LogP contribution in [-0.2, 0) is 9.59 Å². The number of rotatable bonds is 3. The van der Waals surface area contributed by atoms with E-state index in [1.54, 1.807) is 0 Å². The van der Waals surface area contributed by atoms with Crippen LogP contribution in [-0.4, -0.2) is 17.9 Å². The zero-order valence-electron chi connectivity index (χ0n) is 15.7. The highest BCUT2D eigenvalue weighted by molar-refractivity contribution is 6.01. The summed E-state index contributed by atoms with van der Waals surface area (Å²) >= 11 is 0. The van der Waals surface area contributed by atoms with Gasteiger partial charge in [-0.1, -0.05) is 43.7 Å². The highest BCUT2D eigenvalue weighted by atomic mass is 16.2. The highest BCUT2D eigenvalue weighted by Gasteiger charge is 2.62. The number of carbonyl (C=O) groups is 2. The molecule has 1 aromatic carbocycles. The van der Waals surface area contributed by atoms with Crippen molar-refractivity contribution in [3.63, 3.8) is 0 Å². The number of primary amides is 1. The molecule has 1 aliphatic heterocycles. The lowest BCUT2D eigenvalue weighted by atomic mass is 9.85. The third kappa shape index (κ3) is 2.88. The third-order valence-electron chi connectivity index (χ3n) is 5.86. The number of nitrogens with two attached hydrogens (primary N) is 1. The summed E-state index contributed by atoms with van der Waals surface area (Å²) in [4.78, 5) is 27.2. The quantitative estimate of drug-likeness (QED) is 0.854. The maximum absolute atomic E-state index is 13.4. The van der Waals surface area contributed by atoms with Gasteiger partial charge >= 0.3 is 0 Å². The Balaban J connectivity index is 1.97. The van der Waals surface area contributed by atoms with Crippen molar-refractivity contribution < 1.29 is 9.59 Å². The smallest absolute Gasteiger partial charge is 0.231 e. The first-order valence-electron chi connectivity index (χ1n) is 9.02. The average Bonchev–Trinajstić information content (AvgIpc) is 3.05. The SMILES string of the molecule is CC(C)=C[C@@H]1[C@H](C(=O)N2c3ccccc3[C@H](C(N)=O)C[C@@H]2C)C1(C)C. The van der Waals surface area contributed by atoms with Crippen molar-refractivity contribution in [3.8, 4) is 0 Å². The van der Waals surface area contributed by atoms with Crippen LogP contribution in [0.15, 0.2) is 35.9 Å². The number of carbonyl (C=O) groups excluding carboxylic acids is 2. The number of amides is 2. The number of hydrogen-bond acceptors (Lipinski definition) is 2. The van der Waals surface area contributed by atoms with Gasteiger partial charge in [-0.05, 0) is 50.2 Å². The molecular formula is C21H28N2O2. The number of allylic oxidation sites excluding steroid dienone is 2. The molecule has 1 aromatic rings. The van der Waals surface area contributed by atoms with Crippen molar-refractivity contribution in [1.29, 1.82) is 0 Å².